The number of carbonyl (C=O) groups excluding carboxylic acids is 1. The fourth-order valence-corrected chi connectivity index (χ4v) is 4.04. The first-order chi connectivity index (χ1) is 12.2. The Bertz CT molecular complexity index is 937. The average molecular weight is 353 g/mol. The fourth-order valence-electron chi connectivity index (χ4n) is 3.15. The number of hydrogen-bond donors (Lipinski definition) is 1. The number of aromatic amines is 1. The largest absolute Gasteiger partial charge is 0.497 e. The van der Waals surface area contributed by atoms with E-state index in [0.29, 0.717) is 0 Å². The third-order valence-corrected chi connectivity index (χ3v) is 5.43. The van der Waals surface area contributed by atoms with Crippen molar-refractivity contribution in [1.29, 1.82) is 0 Å². The first-order valence-corrected chi connectivity index (χ1v) is 9.13. The number of nitrogens with zero attached hydrogens (tertiary/aromatic N) is 2. The van der Waals surface area contributed by atoms with Crippen molar-refractivity contribution in [3.05, 3.63) is 48.0 Å². The zero-order valence-corrected chi connectivity index (χ0v) is 15.0. The summed E-state index contributed by atoms with van der Waals surface area (Å²) in [6.45, 7) is 2.68. The van der Waals surface area contributed by atoms with Gasteiger partial charge in [0.2, 0.25) is 5.91 Å². The number of thioether (sulfide) groups is 1. The third kappa shape index (κ3) is 2.98. The van der Waals surface area contributed by atoms with Gasteiger partial charge in [-0.1, -0.05) is 30.0 Å². The maximum absolute atomic E-state index is 12.9. The van der Waals surface area contributed by atoms with Crippen molar-refractivity contribution >= 4 is 34.4 Å². The Morgan fingerprint density at radius 2 is 2.16 bits per heavy atom. The Kier molecular flexibility index (Phi) is 4.13. The summed E-state index contributed by atoms with van der Waals surface area (Å²) in [5.41, 5.74) is 4.06. The molecule has 0 fully saturated rings. The highest BCUT2D eigenvalue weighted by atomic mass is 32.2. The molecule has 5 nitrogen and oxygen atoms in total. The Hall–Kier alpha value is -2.47. The fraction of sp³-hybridized carbons (Fsp3) is 0.263. The Morgan fingerprint density at radius 3 is 3.00 bits per heavy atom. The van der Waals surface area contributed by atoms with Crippen LogP contribution in [0, 0.1) is 0 Å². The number of amides is 1. The zero-order valence-electron chi connectivity index (χ0n) is 14.2. The maximum Gasteiger partial charge on any atom is 0.240 e. The lowest BCUT2D eigenvalue weighted by Gasteiger charge is -2.20. The molecule has 1 atom stereocenters. The third-order valence-electron chi connectivity index (χ3n) is 4.46. The molecule has 3 aromatic rings. The number of nitrogens with one attached hydrogen (secondary N) is 1. The van der Waals surface area contributed by atoms with Crippen LogP contribution in [0.1, 0.15) is 12.5 Å². The minimum atomic E-state index is -0.214. The number of H-pyrrole nitrogens is 1. The van der Waals surface area contributed by atoms with Gasteiger partial charge in [-0.15, -0.1) is 0 Å². The van der Waals surface area contributed by atoms with Crippen molar-refractivity contribution in [1.82, 2.24) is 9.97 Å². The molecule has 0 spiro atoms. The molecule has 0 radical (unpaired) electrons. The van der Waals surface area contributed by atoms with Crippen LogP contribution in [0.5, 0.6) is 5.75 Å². The quantitative estimate of drug-likeness (QED) is 0.728. The van der Waals surface area contributed by atoms with Crippen molar-refractivity contribution in [2.75, 3.05) is 18.6 Å². The second-order valence-electron chi connectivity index (χ2n) is 6.05. The molecule has 128 valence electrons. The van der Waals surface area contributed by atoms with Crippen LogP contribution < -0.4 is 9.64 Å². The monoisotopic (exact) mass is 353 g/mol. The van der Waals surface area contributed by atoms with E-state index in [4.69, 9.17) is 4.74 Å². The molecule has 0 saturated heterocycles. The van der Waals surface area contributed by atoms with E-state index < -0.39 is 0 Å². The van der Waals surface area contributed by atoms with Gasteiger partial charge in [0.25, 0.3) is 0 Å². The van der Waals surface area contributed by atoms with Gasteiger partial charge in [-0.2, -0.15) is 0 Å². The van der Waals surface area contributed by atoms with Gasteiger partial charge in [0.05, 0.1) is 23.4 Å². The van der Waals surface area contributed by atoms with Gasteiger partial charge in [-0.05, 0) is 37.1 Å². The van der Waals surface area contributed by atoms with Crippen molar-refractivity contribution in [3.8, 4) is 5.75 Å². The minimum Gasteiger partial charge on any atom is -0.497 e. The van der Waals surface area contributed by atoms with Crippen LogP contribution >= 0.6 is 11.8 Å². The molecule has 1 aliphatic rings. The highest BCUT2D eigenvalue weighted by molar-refractivity contribution is 8.00. The maximum atomic E-state index is 12.9. The van der Waals surface area contributed by atoms with Gasteiger partial charge >= 0.3 is 0 Å². The molecule has 4 rings (SSSR count). The van der Waals surface area contributed by atoms with Gasteiger partial charge in [0.15, 0.2) is 5.16 Å². The number of anilines is 1. The predicted molar refractivity (Wildman–Crippen MR) is 100 cm³/mol. The molecule has 1 N–H and O–H groups in total. The summed E-state index contributed by atoms with van der Waals surface area (Å²) in [6.07, 6.45) is 0.920. The second kappa shape index (κ2) is 6.44. The Balaban J connectivity index is 1.52. The molecule has 1 amide bonds. The van der Waals surface area contributed by atoms with Crippen LogP contribution in [0.15, 0.2) is 47.6 Å². The summed E-state index contributed by atoms with van der Waals surface area (Å²) in [4.78, 5) is 22.6. The van der Waals surface area contributed by atoms with Crippen LogP contribution in [-0.2, 0) is 11.2 Å². The first-order valence-electron chi connectivity index (χ1n) is 8.25. The van der Waals surface area contributed by atoms with Crippen molar-refractivity contribution < 1.29 is 9.53 Å². The lowest BCUT2D eigenvalue weighted by molar-refractivity contribution is -0.117. The highest BCUT2D eigenvalue weighted by Crippen LogP contribution is 2.31. The van der Waals surface area contributed by atoms with Gasteiger partial charge in [0.1, 0.15) is 5.75 Å². The molecular weight excluding hydrogens is 334 g/mol. The molecule has 0 aliphatic carbocycles. The van der Waals surface area contributed by atoms with Gasteiger partial charge in [0, 0.05) is 18.3 Å². The van der Waals surface area contributed by atoms with Crippen LogP contribution in [0.25, 0.3) is 11.0 Å². The van der Waals surface area contributed by atoms with Crippen LogP contribution in [-0.4, -0.2) is 34.8 Å². The van der Waals surface area contributed by atoms with E-state index in [0.717, 1.165) is 40.6 Å². The number of para-hydroxylation sites is 1. The number of aromatic nitrogens is 2. The highest BCUT2D eigenvalue weighted by Gasteiger charge is 2.28. The molecule has 0 saturated carbocycles. The molecular formula is C19H19N3O2S. The smallest absolute Gasteiger partial charge is 0.240 e. The Morgan fingerprint density at radius 1 is 1.32 bits per heavy atom. The number of carbonyl (C=O) groups is 1. The van der Waals surface area contributed by atoms with Gasteiger partial charge in [-0.3, -0.25) is 4.79 Å². The lowest BCUT2D eigenvalue weighted by Crippen LogP contribution is -2.35. The molecule has 0 bridgehead atoms. The van der Waals surface area contributed by atoms with E-state index in [1.54, 1.807) is 7.11 Å². The molecule has 2 aromatic carbocycles. The predicted octanol–water partition coefficient (Wildman–Crippen LogP) is 3.64. The standard InChI is InChI=1S/C19H19N3O2S/c1-12(18(23)22-10-9-13-5-3-4-6-17(13)22)25-19-20-15-8-7-14(24-2)11-16(15)21-19/h3-8,11-12H,9-10H2,1-2H3,(H,20,21)/t12-/m0/s1. The lowest BCUT2D eigenvalue weighted by atomic mass is 10.2. The van der Waals surface area contributed by atoms with Gasteiger partial charge < -0.3 is 14.6 Å². The number of rotatable bonds is 4. The molecule has 0 unspecified atom stereocenters. The van der Waals surface area contributed by atoms with E-state index in [1.165, 1.54) is 17.3 Å². The zero-order chi connectivity index (χ0) is 17.4. The number of hydrogen-bond acceptors (Lipinski definition) is 4. The Labute approximate surface area is 150 Å². The number of benzene rings is 2. The SMILES string of the molecule is COc1ccc2nc(S[C@@H](C)C(=O)N3CCc4ccccc43)[nH]c2c1. The first kappa shape index (κ1) is 16.0. The number of ether oxygens (including phenoxy) is 1. The van der Waals surface area contributed by atoms with Crippen molar-refractivity contribution in [2.24, 2.45) is 0 Å². The molecule has 2 heterocycles. The van der Waals surface area contributed by atoms with Crippen molar-refractivity contribution in [3.63, 3.8) is 0 Å². The molecule has 1 aliphatic heterocycles. The van der Waals surface area contributed by atoms with Crippen LogP contribution in [0.4, 0.5) is 5.69 Å². The number of imidazole rings is 1. The number of methoxy groups -OCH3 is 1. The van der Waals surface area contributed by atoms with E-state index in [2.05, 4.69) is 16.0 Å². The van der Waals surface area contributed by atoms with E-state index in [1.807, 2.05) is 48.2 Å². The summed E-state index contributed by atoms with van der Waals surface area (Å²) in [7, 11) is 1.64. The summed E-state index contributed by atoms with van der Waals surface area (Å²) in [6, 6.07) is 13.8. The second-order valence-corrected chi connectivity index (χ2v) is 7.38. The topological polar surface area (TPSA) is 58.2 Å². The summed E-state index contributed by atoms with van der Waals surface area (Å²) in [5, 5.41) is 0.533. The summed E-state index contributed by atoms with van der Waals surface area (Å²) in [5.74, 6) is 0.901. The van der Waals surface area contributed by atoms with Crippen LogP contribution in [0.3, 0.4) is 0 Å². The number of fused-ring (bicyclic) bond motifs is 2. The normalized spacial score (nSPS) is 14.6. The minimum absolute atomic E-state index is 0.119. The van der Waals surface area contributed by atoms with E-state index in [-0.39, 0.29) is 11.2 Å². The molecule has 25 heavy (non-hydrogen) atoms. The summed E-state index contributed by atoms with van der Waals surface area (Å²) >= 11 is 1.45. The average Bonchev–Trinajstić information content (AvgIpc) is 3.23. The van der Waals surface area contributed by atoms with E-state index in [9.17, 15) is 4.79 Å². The molecule has 1 aromatic heterocycles. The van der Waals surface area contributed by atoms with E-state index >= 15 is 0 Å². The van der Waals surface area contributed by atoms with Crippen molar-refractivity contribution in [2.45, 2.75) is 23.8 Å². The van der Waals surface area contributed by atoms with Crippen LogP contribution in [0.2, 0.25) is 0 Å². The van der Waals surface area contributed by atoms with Gasteiger partial charge in [-0.25, -0.2) is 4.98 Å². The molecule has 6 heteroatoms. The summed E-state index contributed by atoms with van der Waals surface area (Å²) < 4.78 is 5.24.